The second-order valence-electron chi connectivity index (χ2n) is 5.42. The van der Waals surface area contributed by atoms with Gasteiger partial charge in [-0.1, -0.05) is 31.2 Å². The molecule has 2 atom stereocenters. The second-order valence-corrected chi connectivity index (χ2v) is 5.42. The van der Waals surface area contributed by atoms with Gasteiger partial charge >= 0.3 is 0 Å². The SMILES string of the molecule is CC1CCC(NCCN(C)C)c2ccccc21. The third-order valence-corrected chi connectivity index (χ3v) is 3.74. The molecule has 0 saturated carbocycles. The van der Waals surface area contributed by atoms with Crippen molar-refractivity contribution in [3.05, 3.63) is 35.4 Å². The summed E-state index contributed by atoms with van der Waals surface area (Å²) in [4.78, 5) is 2.23. The molecule has 1 aromatic rings. The van der Waals surface area contributed by atoms with Crippen LogP contribution in [-0.2, 0) is 0 Å². The first kappa shape index (κ1) is 12.6. The van der Waals surface area contributed by atoms with E-state index in [9.17, 15) is 0 Å². The van der Waals surface area contributed by atoms with Crippen molar-refractivity contribution in [1.82, 2.24) is 10.2 Å². The minimum Gasteiger partial charge on any atom is -0.309 e. The summed E-state index contributed by atoms with van der Waals surface area (Å²) in [5.74, 6) is 0.720. The predicted octanol–water partition coefficient (Wildman–Crippen LogP) is 2.78. The van der Waals surface area contributed by atoms with Crippen molar-refractivity contribution >= 4 is 0 Å². The number of likely N-dealkylation sites (N-methyl/N-ethyl adjacent to an activating group) is 1. The number of nitrogens with zero attached hydrogens (tertiary/aromatic N) is 1. The fraction of sp³-hybridized carbons (Fsp3) is 0.600. The highest BCUT2D eigenvalue weighted by atomic mass is 15.1. The van der Waals surface area contributed by atoms with Crippen LogP contribution in [0.4, 0.5) is 0 Å². The van der Waals surface area contributed by atoms with Crippen molar-refractivity contribution in [3.8, 4) is 0 Å². The number of nitrogens with one attached hydrogen (secondary N) is 1. The first-order valence-corrected chi connectivity index (χ1v) is 6.65. The molecule has 2 heteroatoms. The maximum atomic E-state index is 3.69. The van der Waals surface area contributed by atoms with E-state index in [0.717, 1.165) is 19.0 Å². The normalized spacial score (nSPS) is 23.8. The van der Waals surface area contributed by atoms with Gasteiger partial charge < -0.3 is 10.2 Å². The Bertz CT molecular complexity index is 360. The molecule has 1 N–H and O–H groups in total. The highest BCUT2D eigenvalue weighted by Crippen LogP contribution is 2.36. The van der Waals surface area contributed by atoms with E-state index in [2.05, 4.69) is 55.5 Å². The lowest BCUT2D eigenvalue weighted by atomic mass is 9.81. The molecule has 0 aliphatic heterocycles. The maximum Gasteiger partial charge on any atom is 0.0323 e. The number of fused-ring (bicyclic) bond motifs is 1. The third-order valence-electron chi connectivity index (χ3n) is 3.74. The Morgan fingerprint density at radius 1 is 1.18 bits per heavy atom. The van der Waals surface area contributed by atoms with Crippen LogP contribution in [0.3, 0.4) is 0 Å². The summed E-state index contributed by atoms with van der Waals surface area (Å²) < 4.78 is 0. The molecule has 2 rings (SSSR count). The van der Waals surface area contributed by atoms with Crippen molar-refractivity contribution in [1.29, 1.82) is 0 Å². The predicted molar refractivity (Wildman–Crippen MR) is 73.4 cm³/mol. The molecule has 0 spiro atoms. The molecular formula is C15H24N2. The van der Waals surface area contributed by atoms with Crippen LogP contribution in [-0.4, -0.2) is 32.1 Å². The summed E-state index contributed by atoms with van der Waals surface area (Å²) in [7, 11) is 4.25. The Morgan fingerprint density at radius 3 is 2.59 bits per heavy atom. The Labute approximate surface area is 105 Å². The van der Waals surface area contributed by atoms with Crippen molar-refractivity contribution in [2.75, 3.05) is 27.2 Å². The smallest absolute Gasteiger partial charge is 0.0323 e. The van der Waals surface area contributed by atoms with Gasteiger partial charge in [-0.3, -0.25) is 0 Å². The molecule has 17 heavy (non-hydrogen) atoms. The highest BCUT2D eigenvalue weighted by Gasteiger charge is 2.23. The van der Waals surface area contributed by atoms with Crippen molar-refractivity contribution < 1.29 is 0 Å². The summed E-state index contributed by atoms with van der Waals surface area (Å²) in [6, 6.07) is 9.47. The fourth-order valence-electron chi connectivity index (χ4n) is 2.68. The monoisotopic (exact) mass is 232 g/mol. The van der Waals surface area contributed by atoms with Crippen LogP contribution in [0.15, 0.2) is 24.3 Å². The lowest BCUT2D eigenvalue weighted by Gasteiger charge is -2.30. The molecule has 0 bridgehead atoms. The minimum atomic E-state index is 0.558. The molecule has 2 unspecified atom stereocenters. The maximum absolute atomic E-state index is 3.69. The van der Waals surface area contributed by atoms with Crippen molar-refractivity contribution in [2.45, 2.75) is 31.7 Å². The standard InChI is InChI=1S/C15H24N2/c1-12-8-9-15(16-10-11-17(2)3)14-7-5-4-6-13(12)14/h4-7,12,15-16H,8-11H2,1-3H3. The van der Waals surface area contributed by atoms with Gasteiger partial charge in [0.05, 0.1) is 0 Å². The van der Waals surface area contributed by atoms with E-state index < -0.39 is 0 Å². The summed E-state index contributed by atoms with van der Waals surface area (Å²) in [5, 5.41) is 3.69. The van der Waals surface area contributed by atoms with Crippen LogP contribution >= 0.6 is 0 Å². The minimum absolute atomic E-state index is 0.558. The van der Waals surface area contributed by atoms with E-state index in [4.69, 9.17) is 0 Å². The average Bonchev–Trinajstić information content (AvgIpc) is 2.32. The van der Waals surface area contributed by atoms with E-state index in [1.54, 1.807) is 5.56 Å². The lowest BCUT2D eigenvalue weighted by Crippen LogP contribution is -2.32. The Hall–Kier alpha value is -0.860. The molecule has 0 heterocycles. The molecule has 1 aliphatic rings. The van der Waals surface area contributed by atoms with Crippen molar-refractivity contribution in [2.24, 2.45) is 0 Å². The van der Waals surface area contributed by atoms with Gasteiger partial charge in [-0.25, -0.2) is 0 Å². The first-order valence-electron chi connectivity index (χ1n) is 6.65. The fourth-order valence-corrected chi connectivity index (χ4v) is 2.68. The van der Waals surface area contributed by atoms with Gasteiger partial charge in [-0.2, -0.15) is 0 Å². The largest absolute Gasteiger partial charge is 0.309 e. The van der Waals surface area contributed by atoms with Crippen LogP contribution in [0.5, 0.6) is 0 Å². The van der Waals surface area contributed by atoms with E-state index in [0.29, 0.717) is 6.04 Å². The van der Waals surface area contributed by atoms with Gasteiger partial charge in [0.25, 0.3) is 0 Å². The molecule has 0 aromatic heterocycles. The first-order chi connectivity index (χ1) is 8.18. The lowest BCUT2D eigenvalue weighted by molar-refractivity contribution is 0.366. The zero-order valence-electron chi connectivity index (χ0n) is 11.2. The average molecular weight is 232 g/mol. The molecule has 1 aliphatic carbocycles. The number of rotatable bonds is 4. The second kappa shape index (κ2) is 5.65. The van der Waals surface area contributed by atoms with Crippen LogP contribution < -0.4 is 5.32 Å². The summed E-state index contributed by atoms with van der Waals surface area (Å²) in [5.41, 5.74) is 3.06. The summed E-state index contributed by atoms with van der Waals surface area (Å²) in [6.07, 6.45) is 2.57. The van der Waals surface area contributed by atoms with Crippen LogP contribution in [0.25, 0.3) is 0 Å². The van der Waals surface area contributed by atoms with Crippen molar-refractivity contribution in [3.63, 3.8) is 0 Å². The zero-order valence-corrected chi connectivity index (χ0v) is 11.2. The molecule has 0 amide bonds. The quantitative estimate of drug-likeness (QED) is 0.858. The molecule has 0 fully saturated rings. The molecule has 2 nitrogen and oxygen atoms in total. The zero-order chi connectivity index (χ0) is 12.3. The Kier molecular flexibility index (Phi) is 4.19. The molecule has 1 aromatic carbocycles. The number of hydrogen-bond donors (Lipinski definition) is 1. The van der Waals surface area contributed by atoms with Gasteiger partial charge in [0, 0.05) is 19.1 Å². The van der Waals surface area contributed by atoms with Gasteiger partial charge in [0.2, 0.25) is 0 Å². The van der Waals surface area contributed by atoms with E-state index >= 15 is 0 Å². The van der Waals surface area contributed by atoms with Gasteiger partial charge in [0.1, 0.15) is 0 Å². The van der Waals surface area contributed by atoms with Crippen LogP contribution in [0.1, 0.15) is 42.9 Å². The molecule has 0 saturated heterocycles. The van der Waals surface area contributed by atoms with E-state index in [1.165, 1.54) is 18.4 Å². The third kappa shape index (κ3) is 3.08. The van der Waals surface area contributed by atoms with E-state index in [1.807, 2.05) is 0 Å². The Morgan fingerprint density at radius 2 is 1.88 bits per heavy atom. The molecular weight excluding hydrogens is 208 g/mol. The van der Waals surface area contributed by atoms with Crippen LogP contribution in [0, 0.1) is 0 Å². The van der Waals surface area contributed by atoms with Gasteiger partial charge in [-0.05, 0) is 44.0 Å². The molecule has 94 valence electrons. The summed E-state index contributed by atoms with van der Waals surface area (Å²) >= 11 is 0. The van der Waals surface area contributed by atoms with Gasteiger partial charge in [0.15, 0.2) is 0 Å². The highest BCUT2D eigenvalue weighted by molar-refractivity contribution is 5.34. The van der Waals surface area contributed by atoms with E-state index in [-0.39, 0.29) is 0 Å². The molecule has 0 radical (unpaired) electrons. The summed E-state index contributed by atoms with van der Waals surface area (Å²) in [6.45, 7) is 4.52. The Balaban J connectivity index is 2.03. The van der Waals surface area contributed by atoms with Crippen LogP contribution in [0.2, 0.25) is 0 Å². The topological polar surface area (TPSA) is 15.3 Å². The van der Waals surface area contributed by atoms with Gasteiger partial charge in [-0.15, -0.1) is 0 Å². The number of benzene rings is 1. The number of hydrogen-bond acceptors (Lipinski definition) is 2.